The van der Waals surface area contributed by atoms with Crippen LogP contribution in [0.3, 0.4) is 0 Å². The second-order valence-electron chi connectivity index (χ2n) is 2.77. The van der Waals surface area contributed by atoms with Gasteiger partial charge in [-0.25, -0.2) is 0 Å². The third-order valence-electron chi connectivity index (χ3n) is 1.92. The quantitative estimate of drug-likeness (QED) is 0.435. The Labute approximate surface area is 68.0 Å². The van der Waals surface area contributed by atoms with Crippen molar-refractivity contribution in [2.45, 2.75) is 39.5 Å². The number of ketones is 1. The van der Waals surface area contributed by atoms with Gasteiger partial charge in [-0.05, 0) is 12.8 Å². The fourth-order valence-electron chi connectivity index (χ4n) is 1.09. The molecule has 0 fully saturated rings. The summed E-state index contributed by atoms with van der Waals surface area (Å²) < 4.78 is 0. The fraction of sp³-hybridized carbons (Fsp3) is 0.778. The molecule has 64 valence electrons. The number of carbonyl (C=O) groups excluding carboxylic acids is 2. The van der Waals surface area contributed by atoms with Gasteiger partial charge >= 0.3 is 0 Å². The summed E-state index contributed by atoms with van der Waals surface area (Å²) in [5.74, 6) is -0.256. The number of rotatable bonds is 6. The lowest BCUT2D eigenvalue weighted by Crippen LogP contribution is -2.14. The molecule has 0 spiro atoms. The Morgan fingerprint density at radius 2 is 2.09 bits per heavy atom. The lowest BCUT2D eigenvalue weighted by molar-refractivity contribution is -0.132. The van der Waals surface area contributed by atoms with Gasteiger partial charge in [0.25, 0.3) is 0 Å². The van der Waals surface area contributed by atoms with Gasteiger partial charge in [0.2, 0.25) is 0 Å². The zero-order chi connectivity index (χ0) is 8.69. The number of hydrogen-bond donors (Lipinski definition) is 0. The van der Waals surface area contributed by atoms with Gasteiger partial charge in [-0.15, -0.1) is 0 Å². The second-order valence-corrected chi connectivity index (χ2v) is 2.77. The maximum Gasteiger partial charge on any atom is 0.198 e. The molecule has 0 aromatic carbocycles. The van der Waals surface area contributed by atoms with E-state index in [1.54, 1.807) is 0 Å². The first kappa shape index (κ1) is 10.3. The summed E-state index contributed by atoms with van der Waals surface area (Å²) in [6.07, 6.45) is 4.23. The average molecular weight is 156 g/mol. The molecule has 0 saturated heterocycles. The standard InChI is InChI=1S/C9H16O2/c1-3-5-6-8(4-2)9(11)7-10/h7-8H,3-6H2,1-2H3. The van der Waals surface area contributed by atoms with Crippen LogP contribution in [0.25, 0.3) is 0 Å². The molecule has 0 aliphatic rings. The van der Waals surface area contributed by atoms with E-state index in [1.165, 1.54) is 0 Å². The Bertz CT molecular complexity index is 130. The van der Waals surface area contributed by atoms with Crippen molar-refractivity contribution in [1.82, 2.24) is 0 Å². The maximum absolute atomic E-state index is 10.9. The van der Waals surface area contributed by atoms with Gasteiger partial charge in [0.05, 0.1) is 0 Å². The molecule has 0 aliphatic carbocycles. The summed E-state index contributed by atoms with van der Waals surface area (Å²) in [5.41, 5.74) is 0. The van der Waals surface area contributed by atoms with Gasteiger partial charge in [0.1, 0.15) is 0 Å². The Kier molecular flexibility index (Phi) is 5.71. The zero-order valence-corrected chi connectivity index (χ0v) is 7.30. The van der Waals surface area contributed by atoms with Gasteiger partial charge in [-0.1, -0.05) is 26.7 Å². The zero-order valence-electron chi connectivity index (χ0n) is 7.30. The SMILES string of the molecule is CCCCC(CC)C(=O)C=O. The van der Waals surface area contributed by atoms with Crippen LogP contribution in [0.1, 0.15) is 39.5 Å². The highest BCUT2D eigenvalue weighted by atomic mass is 16.2. The van der Waals surface area contributed by atoms with Crippen LogP contribution in [-0.4, -0.2) is 12.1 Å². The predicted molar refractivity (Wildman–Crippen MR) is 44.4 cm³/mol. The van der Waals surface area contributed by atoms with Crippen LogP contribution in [0, 0.1) is 5.92 Å². The van der Waals surface area contributed by atoms with Crippen molar-refractivity contribution < 1.29 is 9.59 Å². The molecule has 0 rings (SSSR count). The Morgan fingerprint density at radius 3 is 2.45 bits per heavy atom. The minimum absolute atomic E-state index is 0.0209. The molecular formula is C9H16O2. The van der Waals surface area contributed by atoms with Crippen LogP contribution >= 0.6 is 0 Å². The summed E-state index contributed by atoms with van der Waals surface area (Å²) in [6.45, 7) is 4.03. The van der Waals surface area contributed by atoms with E-state index < -0.39 is 0 Å². The molecule has 0 bridgehead atoms. The molecule has 2 nitrogen and oxygen atoms in total. The Morgan fingerprint density at radius 1 is 1.45 bits per heavy atom. The number of aldehydes is 1. The van der Waals surface area contributed by atoms with E-state index in [4.69, 9.17) is 0 Å². The van der Waals surface area contributed by atoms with Gasteiger partial charge in [0.15, 0.2) is 12.1 Å². The van der Waals surface area contributed by atoms with E-state index in [0.717, 1.165) is 25.7 Å². The fourth-order valence-corrected chi connectivity index (χ4v) is 1.09. The van der Waals surface area contributed by atoms with Crippen LogP contribution in [0.5, 0.6) is 0 Å². The minimum Gasteiger partial charge on any atom is -0.295 e. The Hall–Kier alpha value is -0.660. The lowest BCUT2D eigenvalue weighted by atomic mass is 9.96. The second kappa shape index (κ2) is 6.08. The van der Waals surface area contributed by atoms with Crippen molar-refractivity contribution in [1.29, 1.82) is 0 Å². The molecule has 0 aliphatic heterocycles. The molecule has 1 unspecified atom stereocenters. The van der Waals surface area contributed by atoms with Crippen molar-refractivity contribution in [3.8, 4) is 0 Å². The number of unbranched alkanes of at least 4 members (excludes halogenated alkanes) is 1. The lowest BCUT2D eigenvalue weighted by Gasteiger charge is -2.07. The van der Waals surface area contributed by atoms with Crippen LogP contribution in [-0.2, 0) is 9.59 Å². The van der Waals surface area contributed by atoms with Crippen molar-refractivity contribution in [2.24, 2.45) is 5.92 Å². The van der Waals surface area contributed by atoms with E-state index in [1.807, 2.05) is 6.92 Å². The summed E-state index contributed by atoms with van der Waals surface area (Å²) in [4.78, 5) is 21.0. The molecule has 0 amide bonds. The first-order valence-electron chi connectivity index (χ1n) is 4.25. The van der Waals surface area contributed by atoms with Gasteiger partial charge in [-0.3, -0.25) is 9.59 Å². The smallest absolute Gasteiger partial charge is 0.198 e. The Balaban J connectivity index is 3.74. The van der Waals surface area contributed by atoms with Crippen molar-refractivity contribution in [2.75, 3.05) is 0 Å². The molecule has 0 N–H and O–H groups in total. The maximum atomic E-state index is 10.9. The first-order chi connectivity index (χ1) is 5.26. The van der Waals surface area contributed by atoms with E-state index in [-0.39, 0.29) is 11.7 Å². The monoisotopic (exact) mass is 156 g/mol. The molecule has 1 atom stereocenters. The molecule has 0 aromatic rings. The van der Waals surface area contributed by atoms with E-state index in [2.05, 4.69) is 6.92 Å². The average Bonchev–Trinajstić information content (AvgIpc) is 2.05. The number of Topliss-reactive ketones (excluding diaryl/α,β-unsaturated/α-hetero) is 1. The molecule has 0 heterocycles. The minimum atomic E-state index is -0.235. The van der Waals surface area contributed by atoms with Crippen LogP contribution in [0.4, 0.5) is 0 Å². The van der Waals surface area contributed by atoms with Gasteiger partial charge in [-0.2, -0.15) is 0 Å². The van der Waals surface area contributed by atoms with E-state index >= 15 is 0 Å². The summed E-state index contributed by atoms with van der Waals surface area (Å²) in [5, 5.41) is 0. The molecule has 0 saturated carbocycles. The molecule has 2 heteroatoms. The van der Waals surface area contributed by atoms with Gasteiger partial charge in [0, 0.05) is 5.92 Å². The van der Waals surface area contributed by atoms with Crippen molar-refractivity contribution in [3.05, 3.63) is 0 Å². The van der Waals surface area contributed by atoms with Crippen LogP contribution < -0.4 is 0 Å². The molecule has 11 heavy (non-hydrogen) atoms. The highest BCUT2D eigenvalue weighted by Crippen LogP contribution is 2.12. The topological polar surface area (TPSA) is 34.1 Å². The summed E-state index contributed by atoms with van der Waals surface area (Å²) in [6, 6.07) is 0. The van der Waals surface area contributed by atoms with Crippen molar-refractivity contribution in [3.63, 3.8) is 0 Å². The third kappa shape index (κ3) is 3.91. The third-order valence-corrected chi connectivity index (χ3v) is 1.92. The van der Waals surface area contributed by atoms with Crippen LogP contribution in [0.15, 0.2) is 0 Å². The van der Waals surface area contributed by atoms with Crippen molar-refractivity contribution >= 4 is 12.1 Å². The molecule has 0 aromatic heterocycles. The number of hydrogen-bond acceptors (Lipinski definition) is 2. The summed E-state index contributed by atoms with van der Waals surface area (Å²) in [7, 11) is 0. The normalized spacial score (nSPS) is 12.5. The first-order valence-corrected chi connectivity index (χ1v) is 4.25. The summed E-state index contributed by atoms with van der Waals surface area (Å²) >= 11 is 0. The number of carbonyl (C=O) groups is 2. The van der Waals surface area contributed by atoms with Gasteiger partial charge < -0.3 is 0 Å². The predicted octanol–water partition coefficient (Wildman–Crippen LogP) is 1.97. The van der Waals surface area contributed by atoms with E-state index in [0.29, 0.717) is 6.29 Å². The van der Waals surface area contributed by atoms with E-state index in [9.17, 15) is 9.59 Å². The molecule has 0 radical (unpaired) electrons. The van der Waals surface area contributed by atoms with Crippen LogP contribution in [0.2, 0.25) is 0 Å². The molecular weight excluding hydrogens is 140 g/mol. The largest absolute Gasteiger partial charge is 0.295 e. The highest BCUT2D eigenvalue weighted by molar-refractivity contribution is 6.25. The highest BCUT2D eigenvalue weighted by Gasteiger charge is 2.13.